The number of allylic oxidation sites excluding steroid dienone is 4. The van der Waals surface area contributed by atoms with E-state index in [1.165, 1.54) is 19.3 Å². The maximum atomic E-state index is 2.40. The zero-order valence-corrected chi connectivity index (χ0v) is 10.3. The SMILES string of the molecule is CCC=CC(C)(CC)CC/C=C\CC. The third-order valence-electron chi connectivity index (χ3n) is 2.85. The molecule has 14 heavy (non-hydrogen) atoms. The van der Waals surface area contributed by atoms with E-state index in [-0.39, 0.29) is 0 Å². The van der Waals surface area contributed by atoms with Crippen LogP contribution in [0.3, 0.4) is 0 Å². The van der Waals surface area contributed by atoms with Gasteiger partial charge >= 0.3 is 0 Å². The van der Waals surface area contributed by atoms with Crippen LogP contribution < -0.4 is 0 Å². The summed E-state index contributed by atoms with van der Waals surface area (Å²) in [5, 5.41) is 0. The van der Waals surface area contributed by atoms with Gasteiger partial charge in [-0.25, -0.2) is 0 Å². The van der Waals surface area contributed by atoms with Crippen LogP contribution in [0, 0.1) is 5.41 Å². The van der Waals surface area contributed by atoms with Crippen molar-refractivity contribution in [3.05, 3.63) is 24.3 Å². The molecule has 0 radical (unpaired) electrons. The smallest absolute Gasteiger partial charge is 0.0146 e. The van der Waals surface area contributed by atoms with Gasteiger partial charge in [0.2, 0.25) is 0 Å². The fourth-order valence-electron chi connectivity index (χ4n) is 1.48. The molecule has 0 aliphatic carbocycles. The lowest BCUT2D eigenvalue weighted by Gasteiger charge is -2.23. The Bertz CT molecular complexity index is 176. The average molecular weight is 194 g/mol. The quantitative estimate of drug-likeness (QED) is 0.494. The van der Waals surface area contributed by atoms with Crippen LogP contribution in [0.15, 0.2) is 24.3 Å². The van der Waals surface area contributed by atoms with Crippen LogP contribution in [-0.4, -0.2) is 0 Å². The molecule has 0 saturated heterocycles. The van der Waals surface area contributed by atoms with Gasteiger partial charge in [0.05, 0.1) is 0 Å². The summed E-state index contributed by atoms with van der Waals surface area (Å²) in [6.45, 7) is 9.03. The molecular weight excluding hydrogens is 168 g/mol. The molecule has 1 atom stereocenters. The lowest BCUT2D eigenvalue weighted by atomic mass is 9.82. The first-order valence-electron chi connectivity index (χ1n) is 6.01. The summed E-state index contributed by atoms with van der Waals surface area (Å²) in [6, 6.07) is 0. The molecule has 0 aromatic rings. The van der Waals surface area contributed by atoms with Crippen LogP contribution in [0.2, 0.25) is 0 Å². The second-order valence-corrected chi connectivity index (χ2v) is 4.24. The number of hydrogen-bond donors (Lipinski definition) is 0. The summed E-state index contributed by atoms with van der Waals surface area (Å²) in [5.74, 6) is 0. The number of hydrogen-bond acceptors (Lipinski definition) is 0. The van der Waals surface area contributed by atoms with E-state index < -0.39 is 0 Å². The third kappa shape index (κ3) is 6.01. The summed E-state index contributed by atoms with van der Waals surface area (Å²) < 4.78 is 0. The van der Waals surface area contributed by atoms with Crippen LogP contribution in [0.5, 0.6) is 0 Å². The molecule has 1 unspecified atom stereocenters. The first-order chi connectivity index (χ1) is 6.68. The van der Waals surface area contributed by atoms with Gasteiger partial charge in [-0.1, -0.05) is 52.0 Å². The first-order valence-corrected chi connectivity index (χ1v) is 6.01. The molecule has 0 amide bonds. The summed E-state index contributed by atoms with van der Waals surface area (Å²) in [4.78, 5) is 0. The molecule has 0 fully saturated rings. The molecule has 0 aliphatic rings. The van der Waals surface area contributed by atoms with Crippen molar-refractivity contribution < 1.29 is 0 Å². The van der Waals surface area contributed by atoms with Gasteiger partial charge in [0.1, 0.15) is 0 Å². The summed E-state index contributed by atoms with van der Waals surface area (Å²) in [7, 11) is 0. The van der Waals surface area contributed by atoms with Crippen molar-refractivity contribution >= 4 is 0 Å². The summed E-state index contributed by atoms with van der Waals surface area (Å²) in [6.07, 6.45) is 15.3. The highest BCUT2D eigenvalue weighted by atomic mass is 14.2. The lowest BCUT2D eigenvalue weighted by Crippen LogP contribution is -2.10. The van der Waals surface area contributed by atoms with Crippen molar-refractivity contribution in [2.75, 3.05) is 0 Å². The molecule has 0 saturated carbocycles. The van der Waals surface area contributed by atoms with Gasteiger partial charge in [-0.05, 0) is 37.5 Å². The van der Waals surface area contributed by atoms with Crippen LogP contribution in [-0.2, 0) is 0 Å². The molecule has 0 nitrogen and oxygen atoms in total. The minimum Gasteiger partial charge on any atom is -0.0888 e. The second kappa shape index (κ2) is 7.84. The molecule has 0 N–H and O–H groups in total. The van der Waals surface area contributed by atoms with Crippen molar-refractivity contribution in [2.24, 2.45) is 5.41 Å². The van der Waals surface area contributed by atoms with Crippen LogP contribution in [0.1, 0.15) is 59.8 Å². The Kier molecular flexibility index (Phi) is 7.55. The Morgan fingerprint density at radius 1 is 0.929 bits per heavy atom. The molecule has 0 aromatic heterocycles. The highest BCUT2D eigenvalue weighted by molar-refractivity contribution is 4.97. The molecule has 0 heteroatoms. The summed E-state index contributed by atoms with van der Waals surface area (Å²) in [5.41, 5.74) is 0.411. The van der Waals surface area contributed by atoms with Gasteiger partial charge in [0, 0.05) is 0 Å². The van der Waals surface area contributed by atoms with Crippen molar-refractivity contribution in [3.63, 3.8) is 0 Å². The Balaban J connectivity index is 3.98. The monoisotopic (exact) mass is 194 g/mol. The van der Waals surface area contributed by atoms with Crippen LogP contribution >= 0.6 is 0 Å². The van der Waals surface area contributed by atoms with Gasteiger partial charge in [-0.15, -0.1) is 0 Å². The molecule has 0 rings (SSSR count). The molecule has 82 valence electrons. The van der Waals surface area contributed by atoms with E-state index in [0.29, 0.717) is 5.41 Å². The largest absolute Gasteiger partial charge is 0.0888 e. The van der Waals surface area contributed by atoms with E-state index in [1.54, 1.807) is 0 Å². The van der Waals surface area contributed by atoms with E-state index in [9.17, 15) is 0 Å². The zero-order valence-electron chi connectivity index (χ0n) is 10.3. The Labute approximate surface area is 90.1 Å². The van der Waals surface area contributed by atoms with Crippen LogP contribution in [0.4, 0.5) is 0 Å². The molecule has 0 aromatic carbocycles. The van der Waals surface area contributed by atoms with Crippen molar-refractivity contribution in [3.8, 4) is 0 Å². The number of rotatable bonds is 7. The van der Waals surface area contributed by atoms with Gasteiger partial charge in [-0.3, -0.25) is 0 Å². The normalized spacial score (nSPS) is 16.6. The minimum absolute atomic E-state index is 0.411. The van der Waals surface area contributed by atoms with Crippen LogP contribution in [0.25, 0.3) is 0 Å². The maximum absolute atomic E-state index is 2.40. The second-order valence-electron chi connectivity index (χ2n) is 4.24. The zero-order chi connectivity index (χ0) is 10.9. The fraction of sp³-hybridized carbons (Fsp3) is 0.714. The first kappa shape index (κ1) is 13.5. The highest BCUT2D eigenvalue weighted by Gasteiger charge is 2.16. The van der Waals surface area contributed by atoms with Gasteiger partial charge in [0.25, 0.3) is 0 Å². The standard InChI is InChI=1S/C14H26/c1-5-8-10-11-13-14(4,7-3)12-9-6-2/h8-10,12H,5-7,11,13H2,1-4H3/b10-8-,12-9?. The Morgan fingerprint density at radius 2 is 1.57 bits per heavy atom. The van der Waals surface area contributed by atoms with Gasteiger partial charge in [-0.2, -0.15) is 0 Å². The third-order valence-corrected chi connectivity index (χ3v) is 2.85. The van der Waals surface area contributed by atoms with E-state index in [4.69, 9.17) is 0 Å². The Morgan fingerprint density at radius 3 is 2.07 bits per heavy atom. The molecule has 0 spiro atoms. The van der Waals surface area contributed by atoms with E-state index in [2.05, 4.69) is 52.0 Å². The topological polar surface area (TPSA) is 0 Å². The highest BCUT2D eigenvalue weighted by Crippen LogP contribution is 2.29. The molecular formula is C14H26. The molecule has 0 bridgehead atoms. The van der Waals surface area contributed by atoms with Crippen molar-refractivity contribution in [1.29, 1.82) is 0 Å². The Hall–Kier alpha value is -0.520. The van der Waals surface area contributed by atoms with Gasteiger partial charge in [0.15, 0.2) is 0 Å². The predicted octanol–water partition coefficient (Wildman–Crippen LogP) is 5.12. The summed E-state index contributed by atoms with van der Waals surface area (Å²) >= 11 is 0. The molecule has 0 heterocycles. The molecule has 0 aliphatic heterocycles. The van der Waals surface area contributed by atoms with Crippen molar-refractivity contribution in [2.45, 2.75) is 59.8 Å². The van der Waals surface area contributed by atoms with E-state index >= 15 is 0 Å². The minimum atomic E-state index is 0.411. The van der Waals surface area contributed by atoms with Gasteiger partial charge < -0.3 is 0 Å². The van der Waals surface area contributed by atoms with E-state index in [0.717, 1.165) is 12.8 Å². The van der Waals surface area contributed by atoms with Crippen molar-refractivity contribution in [1.82, 2.24) is 0 Å². The lowest BCUT2D eigenvalue weighted by molar-refractivity contribution is 0.379. The predicted molar refractivity (Wildman–Crippen MR) is 66.5 cm³/mol. The van der Waals surface area contributed by atoms with E-state index in [1.807, 2.05) is 0 Å². The maximum Gasteiger partial charge on any atom is -0.0146 e. The fourth-order valence-corrected chi connectivity index (χ4v) is 1.48. The average Bonchev–Trinajstić information content (AvgIpc) is 2.22.